The molecule has 6 unspecified atom stereocenters. The maximum absolute atomic E-state index is 12.7. The molecule has 38 heteroatoms. The highest BCUT2D eigenvalue weighted by Gasteiger charge is 2.49. The van der Waals surface area contributed by atoms with Gasteiger partial charge in [0.2, 0.25) is 17.7 Å². The quantitative estimate of drug-likeness (QED) is 0.0289. The van der Waals surface area contributed by atoms with Crippen molar-refractivity contribution in [3.63, 3.8) is 0 Å². The highest BCUT2D eigenvalue weighted by Crippen LogP contribution is 2.68. The van der Waals surface area contributed by atoms with Crippen molar-refractivity contribution < 1.29 is 90.0 Å². The monoisotopic (exact) mass is 991 g/mol. The van der Waals surface area contributed by atoms with Crippen molar-refractivity contribution in [3.05, 3.63) is 45.3 Å². The number of nitrogen functional groups attached to an aromatic ring is 2. The fourth-order valence-electron chi connectivity index (χ4n) is 6.56. The van der Waals surface area contributed by atoms with Crippen molar-refractivity contribution in [2.24, 2.45) is 7.05 Å². The number of hydrogen-bond donors (Lipinski definition) is 13. The number of anilines is 2. The Hall–Kier alpha value is -4.24. The van der Waals surface area contributed by atoms with E-state index < -0.39 is 111 Å². The number of nitrogens with zero attached hydrogens (tertiary/aromatic N) is 9. The van der Waals surface area contributed by atoms with Gasteiger partial charge in [-0.1, -0.05) is 10.2 Å². The minimum Gasteiger partial charge on any atom is -0.387 e. The molecule has 0 aromatic carbocycles. The minimum atomic E-state index is -5.90. The summed E-state index contributed by atoms with van der Waals surface area (Å²) in [4.78, 5) is 81.5. The molecule has 2 aliphatic rings. The van der Waals surface area contributed by atoms with Gasteiger partial charge in [-0.25, -0.2) is 32.6 Å². The average molecular weight is 992 g/mol. The first-order chi connectivity index (χ1) is 29.8. The van der Waals surface area contributed by atoms with Gasteiger partial charge in [0.05, 0.1) is 45.0 Å². The van der Waals surface area contributed by atoms with E-state index >= 15 is 0 Å². The Morgan fingerprint density at radius 2 is 1.53 bits per heavy atom. The van der Waals surface area contributed by atoms with E-state index in [1.165, 1.54) is 22.5 Å². The van der Waals surface area contributed by atoms with Crippen LogP contribution in [0.15, 0.2) is 28.4 Å². The van der Waals surface area contributed by atoms with E-state index in [9.17, 15) is 67.8 Å². The number of aromatic amines is 2. The lowest BCUT2D eigenvalue weighted by atomic mass is 10.1. The van der Waals surface area contributed by atoms with Gasteiger partial charge in [-0.2, -0.15) is 9.29 Å². The zero-order valence-electron chi connectivity index (χ0n) is 32.3. The van der Waals surface area contributed by atoms with Crippen LogP contribution in [-0.4, -0.2) is 145 Å². The standard InChI is InChI=1S/C26H38N14O20P4/c1-37-9-40(20-14(37)22(46)34-26(28)32-20)24-18(44)15(41)11(58-24)5-55-62(49,50)30-2-3-38-4-10(35-36-38)7-61(47,48)59-64(53,54)60-63(51,52)56-6-12-16(42)17(43)23(57-12)39-8-29-13-19(39)31-25(27)33-21(13)45/h4,8-9,11-12,15-18,23-24,41-44H,2-3,5-7H2,1H3,(H10-,27,28,30,31,32,33,34,45,46,47,48,49,50,51,52,53,54)/p+1/t11-,12-,15?,16?,17+,18+,23-,24-/m1/s1. The van der Waals surface area contributed by atoms with Crippen LogP contribution in [0.1, 0.15) is 18.1 Å². The van der Waals surface area contributed by atoms with Crippen LogP contribution in [0.3, 0.4) is 0 Å². The maximum atomic E-state index is 12.7. The molecular formula is C26H39N14O20P4+. The van der Waals surface area contributed by atoms with Crippen LogP contribution in [0.25, 0.3) is 22.3 Å². The minimum absolute atomic E-state index is 0.0187. The number of rotatable bonds is 18. The number of imidazole rings is 2. The van der Waals surface area contributed by atoms with Gasteiger partial charge in [0.25, 0.3) is 17.1 Å². The molecule has 2 saturated heterocycles. The summed E-state index contributed by atoms with van der Waals surface area (Å²) >= 11 is 0. The number of aliphatic hydroxyl groups is 4. The van der Waals surface area contributed by atoms with Crippen LogP contribution in [0.5, 0.6) is 0 Å². The lowest BCUT2D eigenvalue weighted by Crippen LogP contribution is -2.46. The molecule has 12 atom stereocenters. The van der Waals surface area contributed by atoms with Crippen LogP contribution in [0, 0.1) is 0 Å². The number of aromatic nitrogens is 11. The largest absolute Gasteiger partial charge is 0.488 e. The summed E-state index contributed by atoms with van der Waals surface area (Å²) in [6, 6.07) is 0. The van der Waals surface area contributed by atoms with E-state index in [0.717, 1.165) is 21.8 Å². The molecular weight excluding hydrogens is 952 g/mol. The van der Waals surface area contributed by atoms with Crippen molar-refractivity contribution >= 4 is 65.2 Å². The normalized spacial score (nSPS) is 27.7. The Balaban J connectivity index is 0.860. The third kappa shape index (κ3) is 10.4. The Bertz CT molecular complexity index is 2870. The maximum Gasteiger partial charge on any atom is 0.488 e. The van der Waals surface area contributed by atoms with Crippen molar-refractivity contribution in [1.82, 2.24) is 54.1 Å². The summed E-state index contributed by atoms with van der Waals surface area (Å²) in [5.74, 6) is -0.538. The van der Waals surface area contributed by atoms with E-state index in [-0.39, 0.29) is 53.0 Å². The number of nitrogens with two attached hydrogens (primary N) is 2. The number of H-pyrrole nitrogens is 2. The number of aliphatic hydroxyl groups excluding tert-OH is 4. The van der Waals surface area contributed by atoms with Crippen LogP contribution in [-0.2, 0) is 65.2 Å². The molecule has 2 aliphatic heterocycles. The van der Waals surface area contributed by atoms with Gasteiger partial charge in [-0.15, -0.1) is 5.10 Å². The molecule has 352 valence electrons. The molecule has 15 N–H and O–H groups in total. The molecule has 0 bridgehead atoms. The second-order valence-corrected chi connectivity index (χ2v) is 20.7. The number of phosphoric ester groups is 1. The summed E-state index contributed by atoms with van der Waals surface area (Å²) in [6.45, 7) is -2.37. The van der Waals surface area contributed by atoms with Gasteiger partial charge in [0.1, 0.15) is 36.6 Å². The van der Waals surface area contributed by atoms with Crippen LogP contribution < -0.4 is 32.2 Å². The van der Waals surface area contributed by atoms with Crippen molar-refractivity contribution in [1.29, 1.82) is 0 Å². The fraction of sp³-hybridized carbons (Fsp3) is 0.538. The Labute approximate surface area is 354 Å². The molecule has 0 aliphatic carbocycles. The molecule has 64 heavy (non-hydrogen) atoms. The van der Waals surface area contributed by atoms with Crippen LogP contribution >= 0.6 is 31.0 Å². The third-order valence-corrected chi connectivity index (χ3v) is 15.1. The second kappa shape index (κ2) is 17.9. The number of hydrogen-bond acceptors (Lipinski definition) is 23. The van der Waals surface area contributed by atoms with Gasteiger partial charge in [0, 0.05) is 12.7 Å². The number of ether oxygens (including phenoxy) is 2. The smallest absolute Gasteiger partial charge is 0.387 e. The molecule has 0 saturated carbocycles. The van der Waals surface area contributed by atoms with E-state index in [1.54, 1.807) is 0 Å². The first-order valence-electron chi connectivity index (χ1n) is 18.0. The highest BCUT2D eigenvalue weighted by molar-refractivity contribution is 7.68. The molecule has 0 spiro atoms. The lowest BCUT2D eigenvalue weighted by molar-refractivity contribution is -0.745. The number of nitrogens with one attached hydrogen (secondary N) is 3. The van der Waals surface area contributed by atoms with Gasteiger partial charge >= 0.3 is 36.6 Å². The summed E-state index contributed by atoms with van der Waals surface area (Å²) in [5, 5.41) is 51.8. The molecule has 2 fully saturated rings. The Morgan fingerprint density at radius 1 is 0.875 bits per heavy atom. The summed E-state index contributed by atoms with van der Waals surface area (Å²) in [5.41, 5.74) is 9.31. The van der Waals surface area contributed by atoms with Gasteiger partial charge < -0.3 is 60.9 Å². The van der Waals surface area contributed by atoms with Gasteiger partial charge in [0.15, 0.2) is 23.7 Å². The predicted molar refractivity (Wildman–Crippen MR) is 205 cm³/mol. The predicted octanol–water partition coefficient (Wildman–Crippen LogP) is -4.98. The highest BCUT2D eigenvalue weighted by atomic mass is 31.3. The molecule has 5 aromatic heterocycles. The molecule has 0 radical (unpaired) electrons. The second-order valence-electron chi connectivity index (χ2n) is 14.0. The summed E-state index contributed by atoms with van der Waals surface area (Å²) in [7, 11) is -19.9. The zero-order chi connectivity index (χ0) is 46.7. The fourth-order valence-corrected chi connectivity index (χ4v) is 11.4. The number of fused-ring (bicyclic) bond motifs is 2. The zero-order valence-corrected chi connectivity index (χ0v) is 35.9. The molecule has 5 aromatic rings. The van der Waals surface area contributed by atoms with Crippen LogP contribution in [0.4, 0.5) is 11.9 Å². The number of aryl methyl sites for hydroxylation is 1. The summed E-state index contributed by atoms with van der Waals surface area (Å²) < 4.78 is 84.4. The topological polar surface area (TPSA) is 498 Å². The SMILES string of the molecule is Cn1c[n+]([C@@H]2O[C@H](COP(=O)(O)NCCn3cc(CP(=O)(O)OP(=O)(O)OP(=O)(O)OC[C@H]4O[C@@H](n5cnc6c(=O)[nH]c(N)nc65)[C@@H](O)C4O)nn3)C(O)[C@@H]2O)c2nc(N)[nH]c(=O)c21. The van der Waals surface area contributed by atoms with Crippen LogP contribution in [0.2, 0.25) is 0 Å². The molecule has 34 nitrogen and oxygen atoms in total. The third-order valence-electron chi connectivity index (χ3n) is 9.32. The van der Waals surface area contributed by atoms with E-state index in [2.05, 4.69) is 53.5 Å². The average Bonchev–Trinajstić information content (AvgIpc) is 3.98. The van der Waals surface area contributed by atoms with Crippen molar-refractivity contribution in [3.8, 4) is 0 Å². The van der Waals surface area contributed by atoms with Crippen molar-refractivity contribution in [2.45, 2.75) is 61.8 Å². The Morgan fingerprint density at radius 3 is 2.27 bits per heavy atom. The number of phosphoric acid groups is 2. The van der Waals surface area contributed by atoms with Crippen molar-refractivity contribution in [2.75, 3.05) is 31.2 Å². The van der Waals surface area contributed by atoms with E-state index in [0.29, 0.717) is 0 Å². The van der Waals surface area contributed by atoms with Gasteiger partial charge in [-0.3, -0.25) is 47.0 Å². The van der Waals surface area contributed by atoms with E-state index in [4.69, 9.17) is 25.5 Å². The molecule has 0 amide bonds. The first-order valence-corrected chi connectivity index (χ1v) is 24.3. The summed E-state index contributed by atoms with van der Waals surface area (Å²) in [6.07, 6.45) is -10.2. The Kier molecular flexibility index (Phi) is 13.3. The van der Waals surface area contributed by atoms with E-state index in [1.807, 2.05) is 0 Å². The lowest BCUT2D eigenvalue weighted by Gasteiger charge is -2.20. The first kappa shape index (κ1) is 47.7. The molecule has 7 rings (SSSR count). The van der Waals surface area contributed by atoms with Gasteiger partial charge in [-0.05, 0) is 0 Å². The molecule has 7 heterocycles.